The van der Waals surface area contributed by atoms with Crippen molar-refractivity contribution in [2.24, 2.45) is 5.92 Å². The maximum atomic E-state index is 11.6. The summed E-state index contributed by atoms with van der Waals surface area (Å²) in [5, 5.41) is 0. The van der Waals surface area contributed by atoms with Crippen LogP contribution in [0.2, 0.25) is 0 Å². The summed E-state index contributed by atoms with van der Waals surface area (Å²) in [6.07, 6.45) is 0.389. The molecular formula is C12H22O4. The highest BCUT2D eigenvalue weighted by Gasteiger charge is 2.24. The normalized spacial score (nSPS) is 12.7. The van der Waals surface area contributed by atoms with Crippen LogP contribution in [0.1, 0.15) is 47.5 Å². The van der Waals surface area contributed by atoms with Crippen LogP contribution in [0.3, 0.4) is 0 Å². The van der Waals surface area contributed by atoms with Crippen LogP contribution >= 0.6 is 0 Å². The fraction of sp³-hybridized carbons (Fsp3) is 0.833. The first-order chi connectivity index (χ1) is 7.32. The Morgan fingerprint density at radius 1 is 1.00 bits per heavy atom. The van der Waals surface area contributed by atoms with E-state index in [1.807, 2.05) is 0 Å². The van der Waals surface area contributed by atoms with E-state index in [9.17, 15) is 9.59 Å². The summed E-state index contributed by atoms with van der Waals surface area (Å²) in [6.45, 7) is 8.94. The van der Waals surface area contributed by atoms with Gasteiger partial charge in [0.05, 0.1) is 6.10 Å². The smallest absolute Gasteiger partial charge is 0.347 e. The summed E-state index contributed by atoms with van der Waals surface area (Å²) < 4.78 is 9.98. The van der Waals surface area contributed by atoms with Crippen molar-refractivity contribution in [2.45, 2.75) is 59.7 Å². The number of hydrogen-bond donors (Lipinski definition) is 0. The van der Waals surface area contributed by atoms with Gasteiger partial charge in [0.2, 0.25) is 0 Å². The third kappa shape index (κ3) is 7.26. The lowest BCUT2D eigenvalue weighted by molar-refractivity contribution is -0.170. The number of carbonyl (C=O) groups excluding carboxylic acids is 2. The van der Waals surface area contributed by atoms with E-state index < -0.39 is 18.0 Å². The molecule has 0 aromatic rings. The van der Waals surface area contributed by atoms with Gasteiger partial charge in [-0.3, -0.25) is 4.79 Å². The van der Waals surface area contributed by atoms with E-state index >= 15 is 0 Å². The zero-order chi connectivity index (χ0) is 12.7. The highest BCUT2D eigenvalue weighted by Crippen LogP contribution is 2.12. The molecule has 0 aromatic heterocycles. The van der Waals surface area contributed by atoms with Crippen molar-refractivity contribution in [3.8, 4) is 0 Å². The lowest BCUT2D eigenvalue weighted by atomic mass is 10.0. The molecule has 0 aromatic carbocycles. The van der Waals surface area contributed by atoms with Gasteiger partial charge in [0, 0.05) is 6.92 Å². The molecule has 0 heterocycles. The maximum Gasteiger partial charge on any atom is 0.347 e. The van der Waals surface area contributed by atoms with Crippen molar-refractivity contribution < 1.29 is 19.1 Å². The molecule has 94 valence electrons. The number of hydrogen-bond acceptors (Lipinski definition) is 4. The van der Waals surface area contributed by atoms with Crippen LogP contribution in [0.4, 0.5) is 0 Å². The molecule has 0 aliphatic heterocycles. The average molecular weight is 230 g/mol. The Morgan fingerprint density at radius 2 is 1.56 bits per heavy atom. The van der Waals surface area contributed by atoms with Crippen molar-refractivity contribution in [3.63, 3.8) is 0 Å². The Morgan fingerprint density at radius 3 is 1.94 bits per heavy atom. The molecule has 4 nitrogen and oxygen atoms in total. The molecular weight excluding hydrogens is 208 g/mol. The number of carbonyl (C=O) groups is 2. The molecule has 0 N–H and O–H groups in total. The van der Waals surface area contributed by atoms with Crippen LogP contribution in [-0.4, -0.2) is 24.1 Å². The van der Waals surface area contributed by atoms with Crippen LogP contribution in [0.15, 0.2) is 0 Å². The molecule has 0 unspecified atom stereocenters. The Kier molecular flexibility index (Phi) is 6.77. The Bertz CT molecular complexity index is 233. The van der Waals surface area contributed by atoms with Crippen molar-refractivity contribution in [2.75, 3.05) is 0 Å². The van der Waals surface area contributed by atoms with Gasteiger partial charge < -0.3 is 9.47 Å². The van der Waals surface area contributed by atoms with Crippen LogP contribution in [-0.2, 0) is 19.1 Å². The molecule has 0 radical (unpaired) electrons. The molecule has 0 amide bonds. The highest BCUT2D eigenvalue weighted by atomic mass is 16.6. The third-order valence-corrected chi connectivity index (χ3v) is 1.93. The molecule has 0 saturated carbocycles. The Hall–Kier alpha value is -1.06. The Labute approximate surface area is 97.3 Å². The topological polar surface area (TPSA) is 52.6 Å². The predicted octanol–water partition coefficient (Wildman–Crippen LogP) is 2.31. The Balaban J connectivity index is 4.29. The summed E-state index contributed by atoms with van der Waals surface area (Å²) in [5.41, 5.74) is 0. The minimum absolute atomic E-state index is 0.190. The van der Waals surface area contributed by atoms with E-state index in [1.54, 1.807) is 13.8 Å². The van der Waals surface area contributed by atoms with Gasteiger partial charge in [-0.25, -0.2) is 4.79 Å². The largest absolute Gasteiger partial charge is 0.460 e. The van der Waals surface area contributed by atoms with Crippen LogP contribution in [0.5, 0.6) is 0 Å². The summed E-state index contributed by atoms with van der Waals surface area (Å²) in [7, 11) is 0. The van der Waals surface area contributed by atoms with Gasteiger partial charge >= 0.3 is 11.9 Å². The molecule has 0 aliphatic rings. The number of esters is 2. The summed E-state index contributed by atoms with van der Waals surface area (Å²) in [5.74, 6) is -0.440. The molecule has 0 rings (SSSR count). The van der Waals surface area contributed by atoms with Crippen LogP contribution < -0.4 is 0 Å². The van der Waals surface area contributed by atoms with Crippen molar-refractivity contribution >= 4 is 11.9 Å². The van der Waals surface area contributed by atoms with Crippen LogP contribution in [0, 0.1) is 5.92 Å². The minimum Gasteiger partial charge on any atom is -0.460 e. The van der Waals surface area contributed by atoms with E-state index in [4.69, 9.17) is 9.47 Å². The highest BCUT2D eigenvalue weighted by molar-refractivity contribution is 5.78. The molecule has 1 atom stereocenters. The monoisotopic (exact) mass is 230 g/mol. The fourth-order valence-electron chi connectivity index (χ4n) is 1.22. The van der Waals surface area contributed by atoms with Gasteiger partial charge in [0.25, 0.3) is 0 Å². The zero-order valence-electron chi connectivity index (χ0n) is 10.8. The third-order valence-electron chi connectivity index (χ3n) is 1.93. The van der Waals surface area contributed by atoms with Gasteiger partial charge in [-0.05, 0) is 32.6 Å². The molecule has 0 bridgehead atoms. The van der Waals surface area contributed by atoms with E-state index in [2.05, 4.69) is 13.8 Å². The zero-order valence-corrected chi connectivity index (χ0v) is 10.8. The quantitative estimate of drug-likeness (QED) is 0.657. The lowest BCUT2D eigenvalue weighted by Crippen LogP contribution is -2.30. The van der Waals surface area contributed by atoms with Crippen LogP contribution in [0.25, 0.3) is 0 Å². The van der Waals surface area contributed by atoms with Gasteiger partial charge in [-0.15, -0.1) is 0 Å². The molecule has 0 aliphatic carbocycles. The molecule has 4 heteroatoms. The van der Waals surface area contributed by atoms with Gasteiger partial charge in [-0.2, -0.15) is 0 Å². The summed E-state index contributed by atoms with van der Waals surface area (Å²) in [4.78, 5) is 22.5. The van der Waals surface area contributed by atoms with E-state index in [1.165, 1.54) is 6.92 Å². The second-order valence-corrected chi connectivity index (χ2v) is 4.55. The number of ether oxygens (including phenoxy) is 2. The fourth-order valence-corrected chi connectivity index (χ4v) is 1.22. The summed E-state index contributed by atoms with van der Waals surface area (Å²) in [6, 6.07) is 0. The summed E-state index contributed by atoms with van der Waals surface area (Å²) >= 11 is 0. The maximum absolute atomic E-state index is 11.6. The SMILES string of the molecule is CC(=O)O[C@@H](CCC(C)C)C(=O)OC(C)C. The average Bonchev–Trinajstić information content (AvgIpc) is 2.09. The van der Waals surface area contributed by atoms with Gasteiger partial charge in [-0.1, -0.05) is 13.8 Å². The first-order valence-corrected chi connectivity index (χ1v) is 5.70. The number of rotatable bonds is 6. The van der Waals surface area contributed by atoms with Gasteiger partial charge in [0.15, 0.2) is 6.10 Å². The lowest BCUT2D eigenvalue weighted by Gasteiger charge is -2.18. The first kappa shape index (κ1) is 14.9. The first-order valence-electron chi connectivity index (χ1n) is 5.70. The van der Waals surface area contributed by atoms with E-state index in [0.29, 0.717) is 12.3 Å². The minimum atomic E-state index is -0.762. The van der Waals surface area contributed by atoms with E-state index in [-0.39, 0.29) is 6.10 Å². The predicted molar refractivity (Wildman–Crippen MR) is 60.9 cm³/mol. The second-order valence-electron chi connectivity index (χ2n) is 4.55. The van der Waals surface area contributed by atoms with Crippen molar-refractivity contribution in [1.82, 2.24) is 0 Å². The van der Waals surface area contributed by atoms with E-state index in [0.717, 1.165) is 6.42 Å². The molecule has 16 heavy (non-hydrogen) atoms. The van der Waals surface area contributed by atoms with Crippen molar-refractivity contribution in [1.29, 1.82) is 0 Å². The van der Waals surface area contributed by atoms with Crippen molar-refractivity contribution in [3.05, 3.63) is 0 Å². The molecule has 0 fully saturated rings. The molecule has 0 spiro atoms. The van der Waals surface area contributed by atoms with Gasteiger partial charge in [0.1, 0.15) is 0 Å². The molecule has 0 saturated heterocycles. The second kappa shape index (κ2) is 7.25. The standard InChI is InChI=1S/C12H22O4/c1-8(2)6-7-11(16-10(5)13)12(14)15-9(3)4/h8-9,11H,6-7H2,1-5H3/t11-/m0/s1.